The van der Waals surface area contributed by atoms with Crippen LogP contribution in [0.5, 0.6) is 0 Å². The zero-order valence-corrected chi connectivity index (χ0v) is 19.5. The Morgan fingerprint density at radius 2 is 2.00 bits per heavy atom. The minimum absolute atomic E-state index is 0.186. The first-order chi connectivity index (χ1) is 15.0. The standard InChI is InChI=1S/C21H24Cl2N6OS/c1-13-14(10-24)21(12-30-13)3-7-28(8-4-21)20-27-11-16(19-26-6-9-29(19)20)31-15-2-5-25-18(23)17(15)22/h2,5-6,9,11,13-14H,3-4,7-8,10,12,24H2,1H3/t13-,14?/m0/s1. The molecular weight excluding hydrogens is 455 g/mol. The van der Waals surface area contributed by atoms with Crippen LogP contribution in [-0.2, 0) is 4.74 Å². The molecule has 31 heavy (non-hydrogen) atoms. The summed E-state index contributed by atoms with van der Waals surface area (Å²) >= 11 is 13.9. The number of pyridine rings is 1. The summed E-state index contributed by atoms with van der Waals surface area (Å²) < 4.78 is 8.03. The molecule has 0 aromatic carbocycles. The maximum absolute atomic E-state index is 6.32. The number of nitrogens with two attached hydrogens (primary N) is 1. The highest BCUT2D eigenvalue weighted by Crippen LogP contribution is 2.46. The Labute approximate surface area is 195 Å². The number of hydrogen-bond donors (Lipinski definition) is 1. The van der Waals surface area contributed by atoms with E-state index in [1.54, 1.807) is 12.4 Å². The largest absolute Gasteiger partial charge is 0.378 e. The molecular formula is C21H24Cl2N6OS. The quantitative estimate of drug-likeness (QED) is 0.563. The van der Waals surface area contributed by atoms with Crippen molar-refractivity contribution < 1.29 is 4.74 Å². The van der Waals surface area contributed by atoms with Crippen LogP contribution in [-0.4, -0.2) is 51.7 Å². The lowest BCUT2D eigenvalue weighted by Gasteiger charge is -2.42. The van der Waals surface area contributed by atoms with Crippen molar-refractivity contribution in [2.24, 2.45) is 17.1 Å². The van der Waals surface area contributed by atoms with Gasteiger partial charge in [0.2, 0.25) is 5.95 Å². The lowest BCUT2D eigenvalue weighted by atomic mass is 9.69. The van der Waals surface area contributed by atoms with E-state index < -0.39 is 0 Å². The van der Waals surface area contributed by atoms with Gasteiger partial charge in [-0.2, -0.15) is 0 Å². The number of fused-ring (bicyclic) bond motifs is 1. The van der Waals surface area contributed by atoms with Gasteiger partial charge >= 0.3 is 0 Å². The second-order valence-electron chi connectivity index (χ2n) is 8.27. The highest BCUT2D eigenvalue weighted by Gasteiger charge is 2.48. The third kappa shape index (κ3) is 3.68. The van der Waals surface area contributed by atoms with Crippen molar-refractivity contribution in [1.29, 1.82) is 0 Å². The van der Waals surface area contributed by atoms with E-state index in [0.717, 1.165) is 53.9 Å². The molecule has 5 rings (SSSR count). The Morgan fingerprint density at radius 3 is 2.77 bits per heavy atom. The molecule has 2 fully saturated rings. The maximum atomic E-state index is 6.32. The highest BCUT2D eigenvalue weighted by molar-refractivity contribution is 7.99. The molecule has 164 valence electrons. The SMILES string of the molecule is C[C@@H]1OCC2(CCN(c3ncc(Sc4ccnc(Cl)c4Cl)c4nccn34)CC2)C1CN. The zero-order valence-electron chi connectivity index (χ0n) is 17.2. The Kier molecular flexibility index (Phi) is 5.77. The molecule has 7 nitrogen and oxygen atoms in total. The molecule has 0 amide bonds. The van der Waals surface area contributed by atoms with Gasteiger partial charge in [-0.3, -0.25) is 4.40 Å². The van der Waals surface area contributed by atoms with E-state index in [2.05, 4.69) is 21.8 Å². The summed E-state index contributed by atoms with van der Waals surface area (Å²) in [6, 6.07) is 1.84. The number of nitrogens with zero attached hydrogens (tertiary/aromatic N) is 5. The van der Waals surface area contributed by atoms with Crippen molar-refractivity contribution in [3.8, 4) is 0 Å². The van der Waals surface area contributed by atoms with Crippen molar-refractivity contribution in [3.63, 3.8) is 0 Å². The number of aromatic nitrogens is 4. The van der Waals surface area contributed by atoms with Gasteiger partial charge in [-0.05, 0) is 32.4 Å². The number of piperidine rings is 1. The monoisotopic (exact) mass is 478 g/mol. The summed E-state index contributed by atoms with van der Waals surface area (Å²) in [6.07, 6.45) is 9.61. The van der Waals surface area contributed by atoms with Crippen LogP contribution in [0.4, 0.5) is 5.95 Å². The van der Waals surface area contributed by atoms with Gasteiger partial charge in [-0.15, -0.1) is 0 Å². The molecule has 0 saturated carbocycles. The molecule has 2 N–H and O–H groups in total. The lowest BCUT2D eigenvalue weighted by Crippen LogP contribution is -2.47. The minimum Gasteiger partial charge on any atom is -0.378 e. The molecule has 3 aromatic heterocycles. The van der Waals surface area contributed by atoms with E-state index >= 15 is 0 Å². The van der Waals surface area contributed by atoms with Gasteiger partial charge < -0.3 is 15.4 Å². The van der Waals surface area contributed by atoms with Gasteiger partial charge in [-0.25, -0.2) is 15.0 Å². The van der Waals surface area contributed by atoms with Crippen molar-refractivity contribution >= 4 is 46.6 Å². The first-order valence-corrected chi connectivity index (χ1v) is 12.0. The molecule has 1 spiro atoms. The molecule has 3 aromatic rings. The fraction of sp³-hybridized carbons (Fsp3) is 0.476. The van der Waals surface area contributed by atoms with Gasteiger partial charge in [0, 0.05) is 54.1 Å². The van der Waals surface area contributed by atoms with Crippen molar-refractivity contribution in [2.45, 2.75) is 35.7 Å². The predicted molar refractivity (Wildman–Crippen MR) is 123 cm³/mol. The summed E-state index contributed by atoms with van der Waals surface area (Å²) in [5, 5.41) is 0.727. The molecule has 0 radical (unpaired) electrons. The fourth-order valence-electron chi connectivity index (χ4n) is 4.92. The summed E-state index contributed by atoms with van der Waals surface area (Å²) in [5.74, 6) is 1.33. The zero-order chi connectivity index (χ0) is 21.6. The summed E-state index contributed by atoms with van der Waals surface area (Å²) in [4.78, 5) is 17.5. The van der Waals surface area contributed by atoms with Crippen molar-refractivity contribution in [2.75, 3.05) is 31.1 Å². The average molecular weight is 479 g/mol. The first-order valence-electron chi connectivity index (χ1n) is 10.4. The second kappa shape index (κ2) is 8.41. The number of anilines is 1. The Balaban J connectivity index is 1.40. The van der Waals surface area contributed by atoms with Gasteiger partial charge in [0.15, 0.2) is 5.65 Å². The van der Waals surface area contributed by atoms with E-state index in [0.29, 0.717) is 22.6 Å². The van der Waals surface area contributed by atoms with Gasteiger partial charge in [0.1, 0.15) is 5.15 Å². The molecule has 10 heteroatoms. The topological polar surface area (TPSA) is 81.6 Å². The predicted octanol–water partition coefficient (Wildman–Crippen LogP) is 4.16. The number of rotatable bonds is 4. The number of hydrogen-bond acceptors (Lipinski definition) is 7. The molecule has 2 aliphatic heterocycles. The van der Waals surface area contributed by atoms with Gasteiger partial charge in [0.05, 0.1) is 22.6 Å². The van der Waals surface area contributed by atoms with E-state index in [1.165, 1.54) is 11.8 Å². The van der Waals surface area contributed by atoms with Crippen LogP contribution in [0.25, 0.3) is 5.65 Å². The second-order valence-corrected chi connectivity index (χ2v) is 10.1. The number of imidazole rings is 1. The Morgan fingerprint density at radius 1 is 1.19 bits per heavy atom. The number of ether oxygens (including phenoxy) is 1. The summed E-state index contributed by atoms with van der Waals surface area (Å²) in [7, 11) is 0. The first kappa shape index (κ1) is 21.3. The van der Waals surface area contributed by atoms with E-state index in [4.69, 9.17) is 38.7 Å². The highest BCUT2D eigenvalue weighted by atomic mass is 35.5. The van der Waals surface area contributed by atoms with Crippen LogP contribution in [0.1, 0.15) is 19.8 Å². The third-order valence-corrected chi connectivity index (χ3v) is 8.63. The smallest absolute Gasteiger partial charge is 0.211 e. The lowest BCUT2D eigenvalue weighted by molar-refractivity contribution is 0.0967. The molecule has 2 atom stereocenters. The summed E-state index contributed by atoms with van der Waals surface area (Å²) in [5.41, 5.74) is 7.12. The fourth-order valence-corrected chi connectivity index (χ4v) is 6.26. The van der Waals surface area contributed by atoms with Crippen molar-refractivity contribution in [3.05, 3.63) is 41.0 Å². The van der Waals surface area contributed by atoms with Gasteiger partial charge in [-0.1, -0.05) is 35.0 Å². The van der Waals surface area contributed by atoms with E-state index in [-0.39, 0.29) is 11.5 Å². The summed E-state index contributed by atoms with van der Waals surface area (Å²) in [6.45, 7) is 5.48. The van der Waals surface area contributed by atoms with Crippen LogP contribution in [0, 0.1) is 11.3 Å². The van der Waals surface area contributed by atoms with Crippen LogP contribution in [0.3, 0.4) is 0 Å². The molecule has 2 aliphatic rings. The average Bonchev–Trinajstić information content (AvgIpc) is 3.38. The minimum atomic E-state index is 0.186. The van der Waals surface area contributed by atoms with Crippen LogP contribution in [0.15, 0.2) is 40.6 Å². The van der Waals surface area contributed by atoms with Crippen LogP contribution >= 0.6 is 35.0 Å². The number of halogens is 2. The molecule has 5 heterocycles. The van der Waals surface area contributed by atoms with Crippen molar-refractivity contribution in [1.82, 2.24) is 19.4 Å². The molecule has 0 bridgehead atoms. The van der Waals surface area contributed by atoms with Gasteiger partial charge in [0.25, 0.3) is 0 Å². The van der Waals surface area contributed by atoms with E-state index in [9.17, 15) is 0 Å². The molecule has 0 aliphatic carbocycles. The normalized spacial score (nSPS) is 23.2. The molecule has 2 saturated heterocycles. The Hall–Kier alpha value is -1.58. The maximum Gasteiger partial charge on any atom is 0.211 e. The van der Waals surface area contributed by atoms with Crippen LogP contribution in [0.2, 0.25) is 10.2 Å². The van der Waals surface area contributed by atoms with E-state index in [1.807, 2.05) is 22.9 Å². The Bertz CT molecular complexity index is 1100. The third-order valence-electron chi connectivity index (χ3n) is 6.69. The van der Waals surface area contributed by atoms with Crippen LogP contribution < -0.4 is 10.6 Å². The molecule has 1 unspecified atom stereocenters.